The minimum absolute atomic E-state index is 0.182. The van der Waals surface area contributed by atoms with E-state index in [0.29, 0.717) is 15.6 Å². The number of sulfone groups is 1. The molecule has 0 amide bonds. The fourth-order valence-electron chi connectivity index (χ4n) is 2.18. The molecule has 1 N–H and O–H groups in total. The quantitative estimate of drug-likeness (QED) is 0.768. The van der Waals surface area contributed by atoms with E-state index in [1.165, 1.54) is 12.1 Å². The van der Waals surface area contributed by atoms with Gasteiger partial charge < -0.3 is 0 Å². The third-order valence-corrected chi connectivity index (χ3v) is 4.82. The zero-order valence-electron chi connectivity index (χ0n) is 10.9. The number of nitrogens with one attached hydrogen (secondary N) is 1. The van der Waals surface area contributed by atoms with Crippen molar-refractivity contribution in [3.05, 3.63) is 46.6 Å². The number of halogens is 2. The van der Waals surface area contributed by atoms with Gasteiger partial charge in [-0.15, -0.1) is 0 Å². The van der Waals surface area contributed by atoms with Crippen LogP contribution in [0.5, 0.6) is 0 Å². The lowest BCUT2D eigenvalue weighted by atomic mass is 10.0. The molecule has 3 rings (SSSR count). The number of nitrogens with zero attached hydrogens (tertiary/aromatic N) is 1. The van der Waals surface area contributed by atoms with Gasteiger partial charge in [0.2, 0.25) is 0 Å². The molecule has 1 heterocycles. The van der Waals surface area contributed by atoms with Gasteiger partial charge in [-0.25, -0.2) is 8.42 Å². The number of aromatic nitrogens is 2. The molecule has 108 valence electrons. The van der Waals surface area contributed by atoms with Gasteiger partial charge in [-0.3, -0.25) is 5.10 Å². The second-order valence-electron chi connectivity index (χ2n) is 4.70. The van der Waals surface area contributed by atoms with Crippen LogP contribution in [0.2, 0.25) is 10.0 Å². The first-order chi connectivity index (χ1) is 9.86. The molecular weight excluding hydrogens is 331 g/mol. The van der Waals surface area contributed by atoms with Crippen LogP contribution in [0.4, 0.5) is 0 Å². The molecule has 0 aliphatic carbocycles. The van der Waals surface area contributed by atoms with Gasteiger partial charge in [0.05, 0.1) is 16.6 Å². The molecular formula is C14H10Cl2N2O2S. The van der Waals surface area contributed by atoms with Crippen molar-refractivity contribution >= 4 is 43.9 Å². The lowest BCUT2D eigenvalue weighted by Crippen LogP contribution is -1.97. The number of rotatable bonds is 2. The number of hydrogen-bond donors (Lipinski definition) is 1. The van der Waals surface area contributed by atoms with Gasteiger partial charge >= 0.3 is 0 Å². The topological polar surface area (TPSA) is 62.8 Å². The maximum Gasteiger partial charge on any atom is 0.175 e. The van der Waals surface area contributed by atoms with Crippen molar-refractivity contribution in [3.8, 4) is 11.1 Å². The van der Waals surface area contributed by atoms with Crippen molar-refractivity contribution in [2.24, 2.45) is 0 Å². The van der Waals surface area contributed by atoms with E-state index in [1.807, 2.05) is 0 Å². The third-order valence-electron chi connectivity index (χ3n) is 3.18. The summed E-state index contributed by atoms with van der Waals surface area (Å²) in [6.07, 6.45) is 2.83. The monoisotopic (exact) mass is 340 g/mol. The predicted octanol–water partition coefficient (Wildman–Crippen LogP) is 3.94. The highest BCUT2D eigenvalue weighted by atomic mass is 35.5. The Morgan fingerprint density at radius 1 is 1.10 bits per heavy atom. The summed E-state index contributed by atoms with van der Waals surface area (Å²) in [5, 5.41) is 8.61. The Hall–Kier alpha value is -1.56. The molecule has 0 saturated carbocycles. The van der Waals surface area contributed by atoms with Crippen molar-refractivity contribution in [1.82, 2.24) is 10.2 Å². The molecule has 0 bridgehead atoms. The molecule has 0 fully saturated rings. The molecule has 0 spiro atoms. The summed E-state index contributed by atoms with van der Waals surface area (Å²) in [5.41, 5.74) is 2.30. The molecule has 0 atom stereocenters. The lowest BCUT2D eigenvalue weighted by molar-refractivity contribution is 0.602. The average molecular weight is 341 g/mol. The third kappa shape index (κ3) is 2.64. The van der Waals surface area contributed by atoms with Gasteiger partial charge in [0.1, 0.15) is 0 Å². The van der Waals surface area contributed by atoms with Crippen LogP contribution in [0.3, 0.4) is 0 Å². The maximum absolute atomic E-state index is 11.6. The van der Waals surface area contributed by atoms with E-state index in [4.69, 9.17) is 23.2 Å². The molecule has 4 nitrogen and oxygen atoms in total. The fourth-order valence-corrected chi connectivity index (χ4v) is 3.40. The van der Waals surface area contributed by atoms with Crippen LogP contribution in [-0.4, -0.2) is 24.9 Å². The standard InChI is InChI=1S/C14H10Cl2N2O2S/c1-21(19,20)9-2-3-10(13(16)6-9)11-4-8(15)5-14-12(11)7-17-18-14/h2-7H,1H3,(H,17,18). The first kappa shape index (κ1) is 14.4. The van der Waals surface area contributed by atoms with Crippen molar-refractivity contribution in [2.45, 2.75) is 4.90 Å². The number of fused-ring (bicyclic) bond motifs is 1. The highest BCUT2D eigenvalue weighted by Crippen LogP contribution is 2.36. The Balaban J connectivity index is 2.26. The van der Waals surface area contributed by atoms with E-state index >= 15 is 0 Å². The Kier molecular flexibility index (Phi) is 3.43. The van der Waals surface area contributed by atoms with Crippen molar-refractivity contribution in [2.75, 3.05) is 6.26 Å². The molecule has 0 aliphatic rings. The van der Waals surface area contributed by atoms with E-state index in [0.717, 1.165) is 22.7 Å². The lowest BCUT2D eigenvalue weighted by Gasteiger charge is -2.08. The van der Waals surface area contributed by atoms with Gasteiger partial charge in [-0.05, 0) is 29.8 Å². The molecule has 7 heteroatoms. The van der Waals surface area contributed by atoms with E-state index in [1.54, 1.807) is 24.4 Å². The van der Waals surface area contributed by atoms with Crippen LogP contribution < -0.4 is 0 Å². The summed E-state index contributed by atoms with van der Waals surface area (Å²) in [5.74, 6) is 0. The molecule has 3 aromatic rings. The first-order valence-electron chi connectivity index (χ1n) is 5.99. The number of aromatic amines is 1. The molecule has 0 saturated heterocycles. The zero-order valence-corrected chi connectivity index (χ0v) is 13.2. The second kappa shape index (κ2) is 5.02. The van der Waals surface area contributed by atoms with Crippen molar-refractivity contribution in [3.63, 3.8) is 0 Å². The SMILES string of the molecule is CS(=O)(=O)c1ccc(-c2cc(Cl)cc3[nH]ncc23)c(Cl)c1. The van der Waals surface area contributed by atoms with Crippen molar-refractivity contribution in [1.29, 1.82) is 0 Å². The fraction of sp³-hybridized carbons (Fsp3) is 0.0714. The van der Waals surface area contributed by atoms with Crippen LogP contribution in [0.25, 0.3) is 22.0 Å². The molecule has 0 unspecified atom stereocenters. The van der Waals surface area contributed by atoms with Crippen LogP contribution in [-0.2, 0) is 9.84 Å². The van der Waals surface area contributed by atoms with Crippen LogP contribution in [0.1, 0.15) is 0 Å². The minimum Gasteiger partial charge on any atom is -0.278 e. The van der Waals surface area contributed by atoms with Crippen LogP contribution in [0.15, 0.2) is 41.4 Å². The summed E-state index contributed by atoms with van der Waals surface area (Å²) >= 11 is 12.4. The molecule has 0 aliphatic heterocycles. The largest absolute Gasteiger partial charge is 0.278 e. The number of benzene rings is 2. The van der Waals surface area contributed by atoms with Gasteiger partial charge in [-0.2, -0.15) is 5.10 Å². The van der Waals surface area contributed by atoms with Gasteiger partial charge in [0.25, 0.3) is 0 Å². The Labute approximate surface area is 131 Å². The zero-order chi connectivity index (χ0) is 15.2. The summed E-state index contributed by atoms with van der Waals surface area (Å²) in [7, 11) is -3.29. The molecule has 1 aromatic heterocycles. The average Bonchev–Trinajstić information content (AvgIpc) is 2.84. The maximum atomic E-state index is 11.6. The Morgan fingerprint density at radius 3 is 2.52 bits per heavy atom. The number of hydrogen-bond acceptors (Lipinski definition) is 3. The normalized spacial score (nSPS) is 12.0. The predicted molar refractivity (Wildman–Crippen MR) is 84.7 cm³/mol. The van der Waals surface area contributed by atoms with E-state index < -0.39 is 9.84 Å². The summed E-state index contributed by atoms with van der Waals surface area (Å²) in [6.45, 7) is 0. The van der Waals surface area contributed by atoms with E-state index in [9.17, 15) is 8.42 Å². The van der Waals surface area contributed by atoms with Gasteiger partial charge in [-0.1, -0.05) is 29.3 Å². The minimum atomic E-state index is -3.29. The number of H-pyrrole nitrogens is 1. The smallest absolute Gasteiger partial charge is 0.175 e. The van der Waals surface area contributed by atoms with Crippen molar-refractivity contribution < 1.29 is 8.42 Å². The van der Waals surface area contributed by atoms with Crippen LogP contribution >= 0.6 is 23.2 Å². The summed E-state index contributed by atoms with van der Waals surface area (Å²) in [6, 6.07) is 8.20. The Bertz CT molecular complexity index is 949. The highest BCUT2D eigenvalue weighted by Gasteiger charge is 2.14. The molecule has 0 radical (unpaired) electrons. The summed E-state index contributed by atoms with van der Waals surface area (Å²) < 4.78 is 23.1. The Morgan fingerprint density at radius 2 is 1.86 bits per heavy atom. The molecule has 21 heavy (non-hydrogen) atoms. The highest BCUT2D eigenvalue weighted by molar-refractivity contribution is 7.90. The van der Waals surface area contributed by atoms with Gasteiger partial charge in [0, 0.05) is 27.3 Å². The van der Waals surface area contributed by atoms with Gasteiger partial charge in [0.15, 0.2) is 9.84 Å². The van der Waals surface area contributed by atoms with E-state index in [2.05, 4.69) is 10.2 Å². The second-order valence-corrected chi connectivity index (χ2v) is 7.56. The van der Waals surface area contributed by atoms with E-state index in [-0.39, 0.29) is 4.90 Å². The first-order valence-corrected chi connectivity index (χ1v) is 8.63. The molecule has 2 aromatic carbocycles. The van der Waals surface area contributed by atoms with Crippen LogP contribution in [0, 0.1) is 0 Å². The summed E-state index contributed by atoms with van der Waals surface area (Å²) in [4.78, 5) is 0.182.